The van der Waals surface area contributed by atoms with Gasteiger partial charge in [-0.15, -0.1) is 0 Å². The van der Waals surface area contributed by atoms with Crippen LogP contribution in [0, 0.1) is 6.92 Å². The Kier molecular flexibility index (Phi) is 5.61. The minimum absolute atomic E-state index is 0.277. The number of aryl methyl sites for hydroxylation is 1. The molecule has 2 aromatic carbocycles. The van der Waals surface area contributed by atoms with Gasteiger partial charge in [0.1, 0.15) is 0 Å². The number of pyridine rings is 1. The van der Waals surface area contributed by atoms with Crippen LogP contribution in [-0.2, 0) is 9.63 Å². The Bertz CT molecular complexity index is 1070. The molecule has 7 heteroatoms. The molecule has 0 fully saturated rings. The average molecular weight is 403 g/mol. The molecule has 0 saturated carbocycles. The number of benzene rings is 2. The van der Waals surface area contributed by atoms with E-state index in [2.05, 4.69) is 15.5 Å². The van der Waals surface area contributed by atoms with Crippen LogP contribution < -0.4 is 14.8 Å². The van der Waals surface area contributed by atoms with Crippen molar-refractivity contribution >= 4 is 17.3 Å². The van der Waals surface area contributed by atoms with Gasteiger partial charge in [-0.2, -0.15) is 0 Å². The fourth-order valence-corrected chi connectivity index (χ4v) is 3.03. The van der Waals surface area contributed by atoms with Crippen LogP contribution in [0.4, 0.5) is 5.69 Å². The second-order valence-corrected chi connectivity index (χ2v) is 6.83. The first-order valence-electron chi connectivity index (χ1n) is 9.50. The highest BCUT2D eigenvalue weighted by Gasteiger charge is 2.28. The van der Waals surface area contributed by atoms with Crippen LogP contribution in [0.1, 0.15) is 17.5 Å². The summed E-state index contributed by atoms with van der Waals surface area (Å²) in [5, 5.41) is 6.84. The number of hydrogen-bond donors (Lipinski definition) is 1. The molecule has 1 amide bonds. The van der Waals surface area contributed by atoms with Crippen molar-refractivity contribution in [1.29, 1.82) is 0 Å². The molecule has 1 N–H and O–H groups in total. The molecule has 3 aromatic rings. The summed E-state index contributed by atoms with van der Waals surface area (Å²) in [7, 11) is 1.59. The van der Waals surface area contributed by atoms with Crippen molar-refractivity contribution in [2.75, 3.05) is 12.4 Å². The minimum Gasteiger partial charge on any atom is -0.493 e. The van der Waals surface area contributed by atoms with E-state index in [0.29, 0.717) is 29.5 Å². The number of ether oxygens (including phenoxy) is 2. The third kappa shape index (κ3) is 4.41. The number of carbonyl (C=O) groups is 1. The molecular formula is C23H21N3O4. The monoisotopic (exact) mass is 403 g/mol. The molecule has 1 aliphatic rings. The molecule has 1 aliphatic heterocycles. The molecule has 7 nitrogen and oxygen atoms in total. The van der Waals surface area contributed by atoms with E-state index in [1.54, 1.807) is 19.2 Å². The first-order chi connectivity index (χ1) is 14.6. The van der Waals surface area contributed by atoms with E-state index in [0.717, 1.165) is 16.8 Å². The van der Waals surface area contributed by atoms with Gasteiger partial charge in [0.15, 0.2) is 11.5 Å². The Balaban J connectivity index is 1.35. The lowest BCUT2D eigenvalue weighted by Crippen LogP contribution is -2.28. The van der Waals surface area contributed by atoms with Gasteiger partial charge in [-0.1, -0.05) is 41.6 Å². The predicted octanol–water partition coefficient (Wildman–Crippen LogP) is 4.32. The van der Waals surface area contributed by atoms with Crippen LogP contribution in [0.3, 0.4) is 0 Å². The molecule has 4 rings (SSSR count). The maximum absolute atomic E-state index is 12.5. The van der Waals surface area contributed by atoms with Gasteiger partial charge in [0.2, 0.25) is 12.0 Å². The number of hydrogen-bond acceptors (Lipinski definition) is 6. The first kappa shape index (κ1) is 19.4. The van der Waals surface area contributed by atoms with Crippen LogP contribution in [0.25, 0.3) is 0 Å². The molecule has 0 bridgehead atoms. The highest BCUT2D eigenvalue weighted by atomic mass is 16.6. The summed E-state index contributed by atoms with van der Waals surface area (Å²) in [6.45, 7) is 1.98. The van der Waals surface area contributed by atoms with Gasteiger partial charge in [-0.3, -0.25) is 4.79 Å². The zero-order valence-electron chi connectivity index (χ0n) is 16.7. The molecular weight excluding hydrogens is 382 g/mol. The fourth-order valence-electron chi connectivity index (χ4n) is 3.03. The number of methoxy groups -OCH3 is 1. The smallest absolute Gasteiger partial charge is 0.268 e. The van der Waals surface area contributed by atoms with Crippen molar-refractivity contribution in [3.63, 3.8) is 0 Å². The topological polar surface area (TPSA) is 82.0 Å². The van der Waals surface area contributed by atoms with E-state index < -0.39 is 6.10 Å². The lowest BCUT2D eigenvalue weighted by atomic mass is 10.0. The van der Waals surface area contributed by atoms with Gasteiger partial charge >= 0.3 is 0 Å². The molecule has 1 atom stereocenters. The van der Waals surface area contributed by atoms with Crippen molar-refractivity contribution in [2.24, 2.45) is 5.16 Å². The molecule has 0 aliphatic carbocycles. The maximum atomic E-state index is 12.5. The quantitative estimate of drug-likeness (QED) is 0.663. The largest absolute Gasteiger partial charge is 0.493 e. The number of amides is 1. The molecule has 30 heavy (non-hydrogen) atoms. The molecule has 0 saturated heterocycles. The number of nitrogens with one attached hydrogen (secondary N) is 1. The molecule has 0 radical (unpaired) electrons. The molecule has 2 heterocycles. The van der Waals surface area contributed by atoms with Gasteiger partial charge < -0.3 is 19.6 Å². The maximum Gasteiger partial charge on any atom is 0.268 e. The summed E-state index contributed by atoms with van der Waals surface area (Å²) >= 11 is 0. The van der Waals surface area contributed by atoms with E-state index in [-0.39, 0.29) is 5.91 Å². The van der Waals surface area contributed by atoms with E-state index >= 15 is 0 Å². The zero-order valence-corrected chi connectivity index (χ0v) is 16.7. The summed E-state index contributed by atoms with van der Waals surface area (Å²) in [4.78, 5) is 22.1. The van der Waals surface area contributed by atoms with E-state index in [1.165, 1.54) is 6.20 Å². The number of anilines is 1. The second kappa shape index (κ2) is 8.65. The van der Waals surface area contributed by atoms with Crippen LogP contribution >= 0.6 is 0 Å². The van der Waals surface area contributed by atoms with E-state index in [9.17, 15) is 4.79 Å². The number of aromatic nitrogens is 1. The molecule has 0 spiro atoms. The van der Waals surface area contributed by atoms with Gasteiger partial charge in [0, 0.05) is 12.5 Å². The van der Waals surface area contributed by atoms with Crippen molar-refractivity contribution < 1.29 is 19.1 Å². The molecule has 1 aromatic heterocycles. The summed E-state index contributed by atoms with van der Waals surface area (Å²) in [6, 6.07) is 18.7. The van der Waals surface area contributed by atoms with Gasteiger partial charge in [-0.25, -0.2) is 4.98 Å². The standard InChI is InChI=1S/C23H21N3O4/c1-15-8-10-19(20(12-15)28-2)29-22-11-9-17(14-24-22)25-23(27)21-13-18(26-30-21)16-6-4-3-5-7-16/h3-12,14,21H,13H2,1-2H3,(H,25,27). The number of carbonyl (C=O) groups excluding carboxylic acids is 1. The predicted molar refractivity (Wildman–Crippen MR) is 113 cm³/mol. The van der Waals surface area contributed by atoms with E-state index in [1.807, 2.05) is 55.5 Å². The Morgan fingerprint density at radius 2 is 1.93 bits per heavy atom. The average Bonchev–Trinajstić information content (AvgIpc) is 3.27. The second-order valence-electron chi connectivity index (χ2n) is 6.83. The van der Waals surface area contributed by atoms with Crippen LogP contribution in [0.2, 0.25) is 0 Å². The number of oxime groups is 1. The zero-order chi connectivity index (χ0) is 20.9. The SMILES string of the molecule is COc1cc(C)ccc1Oc1ccc(NC(=O)C2CC(c3ccccc3)=NO2)cn1. The third-order valence-corrected chi connectivity index (χ3v) is 4.61. The van der Waals surface area contributed by atoms with Crippen molar-refractivity contribution in [2.45, 2.75) is 19.4 Å². The molecule has 1 unspecified atom stereocenters. The van der Waals surface area contributed by atoms with Gasteiger partial charge in [0.05, 0.1) is 24.7 Å². The van der Waals surface area contributed by atoms with Crippen molar-refractivity contribution in [3.05, 3.63) is 78.0 Å². The van der Waals surface area contributed by atoms with Crippen molar-refractivity contribution in [1.82, 2.24) is 4.98 Å². The number of rotatable bonds is 6. The normalized spacial score (nSPS) is 15.1. The van der Waals surface area contributed by atoms with Crippen LogP contribution in [0.5, 0.6) is 17.4 Å². The van der Waals surface area contributed by atoms with Crippen LogP contribution in [-0.4, -0.2) is 29.8 Å². The fraction of sp³-hybridized carbons (Fsp3) is 0.174. The third-order valence-electron chi connectivity index (χ3n) is 4.61. The van der Waals surface area contributed by atoms with Gasteiger partial charge in [-0.05, 0) is 36.2 Å². The Labute approximate surface area is 174 Å². The first-order valence-corrected chi connectivity index (χ1v) is 9.50. The van der Waals surface area contributed by atoms with Gasteiger partial charge in [0.25, 0.3) is 5.91 Å². The highest BCUT2D eigenvalue weighted by molar-refractivity contribution is 6.06. The Morgan fingerprint density at radius 1 is 1.10 bits per heavy atom. The summed E-state index contributed by atoms with van der Waals surface area (Å²) in [5.41, 5.74) is 3.31. The minimum atomic E-state index is -0.673. The van der Waals surface area contributed by atoms with Crippen LogP contribution in [0.15, 0.2) is 72.0 Å². The van der Waals surface area contributed by atoms with E-state index in [4.69, 9.17) is 14.3 Å². The summed E-state index contributed by atoms with van der Waals surface area (Å²) < 4.78 is 11.1. The molecule has 152 valence electrons. The lowest BCUT2D eigenvalue weighted by Gasteiger charge is -2.12. The number of nitrogens with zero attached hydrogens (tertiary/aromatic N) is 2. The Morgan fingerprint density at radius 3 is 2.67 bits per heavy atom. The summed E-state index contributed by atoms with van der Waals surface area (Å²) in [6.07, 6.45) is 1.27. The lowest BCUT2D eigenvalue weighted by molar-refractivity contribution is -0.125. The highest BCUT2D eigenvalue weighted by Crippen LogP contribution is 2.31. The summed E-state index contributed by atoms with van der Waals surface area (Å²) in [5.74, 6) is 1.31. The Hall–Kier alpha value is -3.87. The van der Waals surface area contributed by atoms with Crippen molar-refractivity contribution in [3.8, 4) is 17.4 Å².